The van der Waals surface area contributed by atoms with Crippen molar-refractivity contribution >= 4 is 5.97 Å². The number of hydrogen-bond acceptors (Lipinski definition) is 3. The van der Waals surface area contributed by atoms with E-state index >= 15 is 0 Å². The molecule has 3 atom stereocenters. The summed E-state index contributed by atoms with van der Waals surface area (Å²) in [4.78, 5) is 12.9. The summed E-state index contributed by atoms with van der Waals surface area (Å²) in [6, 6.07) is 19.9. The molecular formula is C32H46NO3+. The van der Waals surface area contributed by atoms with Gasteiger partial charge in [0.05, 0.1) is 25.7 Å². The Morgan fingerprint density at radius 1 is 0.917 bits per heavy atom. The SMILES string of the molecule is CCCCCCCCc1ccc(C[N+]2(C)C3CCC2CC(OC(=O)C(CO)c2ccccc2)C3)cc1. The van der Waals surface area contributed by atoms with Crippen LogP contribution in [0.15, 0.2) is 54.6 Å². The van der Waals surface area contributed by atoms with Gasteiger partial charge in [-0.1, -0.05) is 93.6 Å². The van der Waals surface area contributed by atoms with Crippen LogP contribution in [0.2, 0.25) is 0 Å². The zero-order chi connectivity index (χ0) is 25.4. The van der Waals surface area contributed by atoms with Gasteiger partial charge in [0.15, 0.2) is 0 Å². The third kappa shape index (κ3) is 6.58. The van der Waals surface area contributed by atoms with Crippen LogP contribution in [0, 0.1) is 0 Å². The van der Waals surface area contributed by atoms with Crippen molar-refractivity contribution < 1.29 is 19.1 Å². The number of rotatable bonds is 13. The normalized spacial score (nSPS) is 26.0. The Morgan fingerprint density at radius 3 is 2.17 bits per heavy atom. The summed E-state index contributed by atoms with van der Waals surface area (Å²) < 4.78 is 7.06. The molecule has 2 fully saturated rings. The number of piperidine rings is 1. The molecule has 196 valence electrons. The largest absolute Gasteiger partial charge is 0.461 e. The molecular weight excluding hydrogens is 446 g/mol. The first-order valence-electron chi connectivity index (χ1n) is 14.3. The van der Waals surface area contributed by atoms with E-state index in [1.54, 1.807) is 0 Å². The predicted octanol–water partition coefficient (Wildman–Crippen LogP) is 6.55. The molecule has 0 aliphatic carbocycles. The van der Waals surface area contributed by atoms with Gasteiger partial charge in [-0.15, -0.1) is 0 Å². The maximum Gasteiger partial charge on any atom is 0.316 e. The first kappa shape index (κ1) is 26.9. The second kappa shape index (κ2) is 12.9. The minimum Gasteiger partial charge on any atom is -0.461 e. The predicted molar refractivity (Wildman–Crippen MR) is 146 cm³/mol. The molecule has 0 saturated carbocycles. The molecule has 4 nitrogen and oxygen atoms in total. The number of benzene rings is 2. The Bertz CT molecular complexity index is 928. The third-order valence-electron chi connectivity index (χ3n) is 8.89. The number of carbonyl (C=O) groups is 1. The van der Waals surface area contributed by atoms with Crippen LogP contribution in [0.1, 0.15) is 93.7 Å². The third-order valence-corrected chi connectivity index (χ3v) is 8.89. The maximum atomic E-state index is 12.9. The van der Waals surface area contributed by atoms with Gasteiger partial charge in [-0.2, -0.15) is 0 Å². The summed E-state index contributed by atoms with van der Waals surface area (Å²) in [5, 5.41) is 9.85. The van der Waals surface area contributed by atoms with E-state index in [4.69, 9.17) is 4.74 Å². The summed E-state index contributed by atoms with van der Waals surface area (Å²) >= 11 is 0. The number of fused-ring (bicyclic) bond motifs is 2. The van der Waals surface area contributed by atoms with Crippen LogP contribution in [0.3, 0.4) is 0 Å². The van der Waals surface area contributed by atoms with E-state index in [2.05, 4.69) is 38.2 Å². The lowest BCUT2D eigenvalue weighted by Crippen LogP contribution is -2.58. The topological polar surface area (TPSA) is 46.5 Å². The molecule has 0 radical (unpaired) electrons. The van der Waals surface area contributed by atoms with Gasteiger partial charge in [0.25, 0.3) is 0 Å². The van der Waals surface area contributed by atoms with Gasteiger partial charge in [-0.05, 0) is 24.0 Å². The molecule has 36 heavy (non-hydrogen) atoms. The van der Waals surface area contributed by atoms with Crippen molar-refractivity contribution in [2.24, 2.45) is 0 Å². The van der Waals surface area contributed by atoms with Crippen LogP contribution in [-0.2, 0) is 22.5 Å². The smallest absolute Gasteiger partial charge is 0.316 e. The summed E-state index contributed by atoms with van der Waals surface area (Å²) in [7, 11) is 2.41. The number of aliphatic hydroxyl groups excluding tert-OH is 1. The van der Waals surface area contributed by atoms with E-state index in [9.17, 15) is 9.90 Å². The zero-order valence-electron chi connectivity index (χ0n) is 22.4. The minimum absolute atomic E-state index is 0.0429. The van der Waals surface area contributed by atoms with E-state index in [1.807, 2.05) is 30.3 Å². The monoisotopic (exact) mass is 492 g/mol. The molecule has 2 aromatic carbocycles. The van der Waals surface area contributed by atoms with Crippen molar-refractivity contribution in [3.05, 3.63) is 71.3 Å². The fraction of sp³-hybridized carbons (Fsp3) is 0.594. The molecule has 0 aromatic heterocycles. The fourth-order valence-corrected chi connectivity index (χ4v) is 6.61. The molecule has 2 aromatic rings. The molecule has 3 unspecified atom stereocenters. The molecule has 0 spiro atoms. The standard InChI is InChI=1S/C32H46NO3/c1-3-4-5-6-7-9-12-25-15-17-26(18-16-25)23-33(2)28-19-20-29(33)22-30(21-28)36-32(35)31(24-34)27-13-10-8-11-14-27/h8,10-11,13-18,28-31,34H,3-7,9,12,19-24H2,1-2H3/q+1. The highest BCUT2D eigenvalue weighted by Gasteiger charge is 2.52. The lowest BCUT2D eigenvalue weighted by atomic mass is 9.94. The number of nitrogens with zero attached hydrogens (tertiary/aromatic N) is 1. The second-order valence-corrected chi connectivity index (χ2v) is 11.4. The van der Waals surface area contributed by atoms with E-state index < -0.39 is 5.92 Å². The number of aryl methyl sites for hydroxylation is 1. The van der Waals surface area contributed by atoms with Crippen molar-refractivity contribution in [3.8, 4) is 0 Å². The zero-order valence-corrected chi connectivity index (χ0v) is 22.4. The number of ether oxygens (including phenoxy) is 1. The van der Waals surface area contributed by atoms with Gasteiger partial charge < -0.3 is 14.3 Å². The Hall–Kier alpha value is -2.17. The van der Waals surface area contributed by atoms with Gasteiger partial charge in [-0.25, -0.2) is 0 Å². The van der Waals surface area contributed by atoms with Crippen molar-refractivity contribution in [1.82, 2.24) is 0 Å². The van der Waals surface area contributed by atoms with Gasteiger partial charge in [0, 0.05) is 31.2 Å². The van der Waals surface area contributed by atoms with Crippen LogP contribution in [0.4, 0.5) is 0 Å². The van der Waals surface area contributed by atoms with Gasteiger partial charge in [-0.3, -0.25) is 4.79 Å². The molecule has 2 aliphatic heterocycles. The molecule has 2 aliphatic rings. The lowest BCUT2D eigenvalue weighted by Gasteiger charge is -2.47. The average molecular weight is 493 g/mol. The number of carbonyl (C=O) groups excluding carboxylic acids is 1. The van der Waals surface area contributed by atoms with E-state index in [0.29, 0.717) is 12.1 Å². The average Bonchev–Trinajstić information content (AvgIpc) is 3.04. The van der Waals surface area contributed by atoms with Gasteiger partial charge in [0.2, 0.25) is 0 Å². The van der Waals surface area contributed by atoms with Crippen LogP contribution in [-0.4, -0.2) is 47.4 Å². The highest BCUT2D eigenvalue weighted by atomic mass is 16.5. The van der Waals surface area contributed by atoms with Crippen molar-refractivity contribution in [2.75, 3.05) is 13.7 Å². The molecule has 4 rings (SSSR count). The summed E-state index contributed by atoms with van der Waals surface area (Å²) in [6.45, 7) is 3.11. The Labute approximate surface area is 218 Å². The van der Waals surface area contributed by atoms with Crippen LogP contribution >= 0.6 is 0 Å². The molecule has 2 heterocycles. The molecule has 0 amide bonds. The summed E-state index contributed by atoms with van der Waals surface area (Å²) in [5.41, 5.74) is 3.70. The minimum atomic E-state index is -0.596. The Balaban J connectivity index is 1.29. The molecule has 4 heteroatoms. The summed E-state index contributed by atoms with van der Waals surface area (Å²) in [6.07, 6.45) is 13.5. The highest BCUT2D eigenvalue weighted by Crippen LogP contribution is 2.43. The van der Waals surface area contributed by atoms with E-state index in [1.165, 1.54) is 68.9 Å². The Morgan fingerprint density at radius 2 is 1.53 bits per heavy atom. The van der Waals surface area contributed by atoms with Crippen LogP contribution in [0.5, 0.6) is 0 Å². The maximum absolute atomic E-state index is 12.9. The van der Waals surface area contributed by atoms with Crippen molar-refractivity contribution in [1.29, 1.82) is 0 Å². The van der Waals surface area contributed by atoms with Crippen LogP contribution in [0.25, 0.3) is 0 Å². The fourth-order valence-electron chi connectivity index (χ4n) is 6.61. The van der Waals surface area contributed by atoms with E-state index in [-0.39, 0.29) is 18.7 Å². The second-order valence-electron chi connectivity index (χ2n) is 11.4. The number of hydrogen-bond donors (Lipinski definition) is 1. The van der Waals surface area contributed by atoms with Crippen LogP contribution < -0.4 is 0 Å². The van der Waals surface area contributed by atoms with Gasteiger partial charge >= 0.3 is 5.97 Å². The quantitative estimate of drug-likeness (QED) is 0.196. The number of unbranched alkanes of at least 4 members (excludes halogenated alkanes) is 5. The first-order chi connectivity index (χ1) is 17.5. The molecule has 1 N–H and O–H groups in total. The van der Waals surface area contributed by atoms with Gasteiger partial charge in [0.1, 0.15) is 18.6 Å². The van der Waals surface area contributed by atoms with Crippen molar-refractivity contribution in [2.45, 2.75) is 108 Å². The van der Waals surface area contributed by atoms with E-state index in [0.717, 1.165) is 29.4 Å². The lowest BCUT2D eigenvalue weighted by molar-refractivity contribution is -0.961. The molecule has 2 saturated heterocycles. The number of aliphatic hydroxyl groups is 1. The Kier molecular flexibility index (Phi) is 9.61. The summed E-state index contributed by atoms with van der Waals surface area (Å²) in [5.74, 6) is -0.883. The van der Waals surface area contributed by atoms with Crippen molar-refractivity contribution in [3.63, 3.8) is 0 Å². The highest BCUT2D eigenvalue weighted by molar-refractivity contribution is 5.78. The first-order valence-corrected chi connectivity index (χ1v) is 14.3. The number of quaternary nitrogens is 1. The molecule has 2 bridgehead atoms. The number of esters is 1.